The topological polar surface area (TPSA) is 9.23 Å². The number of rotatable bonds is 15. The van der Waals surface area contributed by atoms with Crippen LogP contribution in [-0.4, -0.2) is 43.1 Å². The average Bonchev–Trinajstić information content (AvgIpc) is 2.44. The third kappa shape index (κ3) is 15.8. The molecule has 19 heavy (non-hydrogen) atoms. The van der Waals surface area contributed by atoms with Gasteiger partial charge in [0.25, 0.3) is 0 Å². The molecule has 0 amide bonds. The van der Waals surface area contributed by atoms with E-state index in [-0.39, 0.29) is 0 Å². The second kappa shape index (κ2) is 17.6. The molecule has 1 nitrogen and oxygen atoms in total. The van der Waals surface area contributed by atoms with Crippen LogP contribution in [0.4, 0.5) is 0 Å². The van der Waals surface area contributed by atoms with Crippen LogP contribution < -0.4 is 0 Å². The summed E-state index contributed by atoms with van der Waals surface area (Å²) >= 11 is -0.136. The van der Waals surface area contributed by atoms with Gasteiger partial charge in [0, 0.05) is 0 Å². The van der Waals surface area contributed by atoms with Crippen LogP contribution in [0.25, 0.3) is 0 Å². The molecule has 0 atom stereocenters. The van der Waals surface area contributed by atoms with Crippen LogP contribution in [0.15, 0.2) is 0 Å². The summed E-state index contributed by atoms with van der Waals surface area (Å²) in [6, 6.07) is 0. The summed E-state index contributed by atoms with van der Waals surface area (Å²) in [5, 5.41) is 0. The van der Waals surface area contributed by atoms with Crippen molar-refractivity contribution in [2.45, 2.75) is 99.8 Å². The molecule has 113 valence electrons. The third-order valence-corrected chi connectivity index (χ3v) is 17.3. The maximum atomic E-state index is 5.91. The molecule has 0 aliphatic rings. The van der Waals surface area contributed by atoms with Crippen molar-refractivity contribution in [2.24, 2.45) is 0 Å². The summed E-state index contributed by atoms with van der Waals surface area (Å²) in [6.45, 7) is 4.59. The minimum absolute atomic E-state index is 1.35. The zero-order valence-corrected chi connectivity index (χ0v) is 19.5. The Morgan fingerprint density at radius 1 is 0.632 bits per heavy atom. The molecule has 0 rings (SSSR count). The van der Waals surface area contributed by atoms with Gasteiger partial charge < -0.3 is 0 Å². The van der Waals surface area contributed by atoms with E-state index in [0.29, 0.717) is 0 Å². The standard InChI is InChI=1S/2C8H17.O.2Sn.H/c2*1-3-5-7-8-6-4-2;;;;/h2*1,3-8H2,2H3;;;;. The first-order chi connectivity index (χ1) is 9.35. The third-order valence-electron chi connectivity index (χ3n) is 3.93. The Bertz CT molecular complexity index is 149. The van der Waals surface area contributed by atoms with Crippen molar-refractivity contribution in [1.29, 1.82) is 0 Å². The van der Waals surface area contributed by atoms with E-state index in [1.54, 1.807) is 0 Å². The second-order valence-electron chi connectivity index (χ2n) is 5.85. The van der Waals surface area contributed by atoms with E-state index < -0.39 is 20.2 Å². The van der Waals surface area contributed by atoms with Gasteiger partial charge in [-0.05, 0) is 0 Å². The zero-order valence-electron chi connectivity index (χ0n) is 13.4. The molecule has 3 radical (unpaired) electrons. The Kier molecular flexibility index (Phi) is 19.1. The Balaban J connectivity index is 3.30. The van der Waals surface area contributed by atoms with Crippen LogP contribution >= 0.6 is 0 Å². The molecule has 0 fully saturated rings. The molecular formula is C16H35OSn2. The molecule has 0 aliphatic heterocycles. The molecule has 0 heterocycles. The quantitative estimate of drug-likeness (QED) is 0.221. The van der Waals surface area contributed by atoms with Gasteiger partial charge in [-0.15, -0.1) is 0 Å². The van der Waals surface area contributed by atoms with Crippen molar-refractivity contribution in [3.8, 4) is 0 Å². The Morgan fingerprint density at radius 3 is 1.37 bits per heavy atom. The van der Waals surface area contributed by atoms with Gasteiger partial charge in [0.2, 0.25) is 0 Å². The van der Waals surface area contributed by atoms with E-state index >= 15 is 0 Å². The molecule has 0 aromatic carbocycles. The fourth-order valence-corrected chi connectivity index (χ4v) is 12.8. The van der Waals surface area contributed by atoms with Gasteiger partial charge in [-0.25, -0.2) is 0 Å². The first-order valence-corrected chi connectivity index (χ1v) is 15.8. The molecule has 0 unspecified atom stereocenters. The molecule has 0 saturated heterocycles. The SMILES string of the molecule is CCCCCCC[CH2][SnH]([CH2]CCCCCCC)[O][Sn]. The van der Waals surface area contributed by atoms with E-state index in [1.807, 2.05) is 0 Å². The summed E-state index contributed by atoms with van der Waals surface area (Å²) in [4.78, 5) is 0. The van der Waals surface area contributed by atoms with Gasteiger partial charge in [-0.2, -0.15) is 0 Å². The van der Waals surface area contributed by atoms with Crippen LogP contribution in [0.3, 0.4) is 0 Å². The van der Waals surface area contributed by atoms with Crippen LogP contribution in [0, 0.1) is 0 Å². The van der Waals surface area contributed by atoms with Crippen molar-refractivity contribution < 1.29 is 1.41 Å². The molecule has 0 N–H and O–H groups in total. The van der Waals surface area contributed by atoms with Gasteiger partial charge >= 0.3 is 144 Å². The minimum atomic E-state index is -1.48. The molecule has 0 spiro atoms. The van der Waals surface area contributed by atoms with E-state index in [0.717, 1.165) is 0 Å². The second-order valence-corrected chi connectivity index (χ2v) is 17.9. The molecular weight excluding hydrogens is 446 g/mol. The van der Waals surface area contributed by atoms with Gasteiger partial charge in [0.05, 0.1) is 0 Å². The van der Waals surface area contributed by atoms with Crippen molar-refractivity contribution >= 4 is 43.1 Å². The number of unbranched alkanes of at least 4 members (excludes halogenated alkanes) is 10. The molecule has 0 aliphatic carbocycles. The van der Waals surface area contributed by atoms with Crippen molar-refractivity contribution in [3.63, 3.8) is 0 Å². The molecule has 3 heteroatoms. The van der Waals surface area contributed by atoms with Crippen LogP contribution in [-0.2, 0) is 1.41 Å². The summed E-state index contributed by atoms with van der Waals surface area (Å²) in [7, 11) is 0. The summed E-state index contributed by atoms with van der Waals surface area (Å²) < 4.78 is 8.92. The van der Waals surface area contributed by atoms with Crippen LogP contribution in [0.5, 0.6) is 0 Å². The Labute approximate surface area is 143 Å². The predicted octanol–water partition coefficient (Wildman–Crippen LogP) is 5.53. The van der Waals surface area contributed by atoms with Gasteiger partial charge in [-0.3, -0.25) is 0 Å². The number of hydrogen-bond acceptors (Lipinski definition) is 1. The van der Waals surface area contributed by atoms with Gasteiger partial charge in [0.1, 0.15) is 0 Å². The summed E-state index contributed by atoms with van der Waals surface area (Å²) in [5.41, 5.74) is 0. The first-order valence-electron chi connectivity index (χ1n) is 8.67. The van der Waals surface area contributed by atoms with Crippen molar-refractivity contribution in [2.75, 3.05) is 0 Å². The van der Waals surface area contributed by atoms with E-state index in [1.165, 1.54) is 109 Å². The monoisotopic (exact) mass is 483 g/mol. The maximum absolute atomic E-state index is 5.91. The average molecular weight is 481 g/mol. The van der Waals surface area contributed by atoms with E-state index in [9.17, 15) is 0 Å². The zero-order chi connectivity index (χ0) is 14.2. The van der Waals surface area contributed by atoms with Crippen molar-refractivity contribution in [3.05, 3.63) is 0 Å². The van der Waals surface area contributed by atoms with Crippen molar-refractivity contribution in [1.82, 2.24) is 0 Å². The normalized spacial score (nSPS) is 11.4. The van der Waals surface area contributed by atoms with Crippen LogP contribution in [0.2, 0.25) is 8.87 Å². The number of hydrogen-bond donors (Lipinski definition) is 0. The van der Waals surface area contributed by atoms with E-state index in [4.69, 9.17) is 1.41 Å². The molecule has 0 bridgehead atoms. The molecule has 0 saturated carbocycles. The Morgan fingerprint density at radius 2 is 1.00 bits per heavy atom. The summed E-state index contributed by atoms with van der Waals surface area (Å²) in [6.07, 6.45) is 17.3. The predicted molar refractivity (Wildman–Crippen MR) is 90.4 cm³/mol. The Hall–Kier alpha value is 1.56. The fourth-order valence-electron chi connectivity index (χ4n) is 2.57. The first kappa shape index (κ1) is 20.6. The fraction of sp³-hybridized carbons (Fsp3) is 1.00. The molecule has 0 aromatic heterocycles. The summed E-state index contributed by atoms with van der Waals surface area (Å²) in [5.74, 6) is 0. The van der Waals surface area contributed by atoms with Crippen LogP contribution in [0.1, 0.15) is 90.9 Å². The molecule has 0 aromatic rings. The van der Waals surface area contributed by atoms with Gasteiger partial charge in [0.15, 0.2) is 0 Å². The van der Waals surface area contributed by atoms with Gasteiger partial charge in [-0.1, -0.05) is 0 Å². The van der Waals surface area contributed by atoms with E-state index in [2.05, 4.69) is 13.8 Å².